The van der Waals surface area contributed by atoms with Gasteiger partial charge in [0, 0.05) is 36.8 Å². The molecule has 1 aliphatic heterocycles. The molecule has 0 saturated carbocycles. The fraction of sp³-hybridized carbons (Fsp3) is 0.308. The molecule has 0 amide bonds. The molecule has 2 nitrogen and oxygen atoms in total. The molecular weight excluding hydrogens is 186 g/mol. The Hall–Kier alpha value is -1.57. The van der Waals surface area contributed by atoms with Crippen molar-refractivity contribution in [1.82, 2.24) is 0 Å². The number of nitrogens with zero attached hydrogens (tertiary/aromatic N) is 1. The highest BCUT2D eigenvalue weighted by Crippen LogP contribution is 2.30. The summed E-state index contributed by atoms with van der Waals surface area (Å²) in [5, 5.41) is 0. The van der Waals surface area contributed by atoms with Gasteiger partial charge in [-0.2, -0.15) is 0 Å². The van der Waals surface area contributed by atoms with E-state index in [1.54, 1.807) is 0 Å². The highest BCUT2D eigenvalue weighted by atomic mass is 16.1. The van der Waals surface area contributed by atoms with Crippen molar-refractivity contribution in [3.63, 3.8) is 0 Å². The molecule has 2 heteroatoms. The monoisotopic (exact) mass is 201 g/mol. The van der Waals surface area contributed by atoms with Crippen molar-refractivity contribution in [2.24, 2.45) is 0 Å². The SMILES string of the molecule is C=C1C(=O)CCN(C)c2ccc(C)cc21. The van der Waals surface area contributed by atoms with Crippen molar-refractivity contribution < 1.29 is 4.79 Å². The van der Waals surface area contributed by atoms with Crippen LogP contribution in [-0.4, -0.2) is 19.4 Å². The Morgan fingerprint density at radius 2 is 2.13 bits per heavy atom. The zero-order valence-electron chi connectivity index (χ0n) is 9.21. The highest BCUT2D eigenvalue weighted by Gasteiger charge is 2.20. The van der Waals surface area contributed by atoms with E-state index in [0.717, 1.165) is 23.4 Å². The third kappa shape index (κ3) is 1.67. The van der Waals surface area contributed by atoms with Crippen molar-refractivity contribution in [3.05, 3.63) is 35.9 Å². The lowest BCUT2D eigenvalue weighted by molar-refractivity contribution is -0.113. The van der Waals surface area contributed by atoms with Crippen molar-refractivity contribution in [2.45, 2.75) is 13.3 Å². The number of allylic oxidation sites excluding steroid dienone is 1. The lowest BCUT2D eigenvalue weighted by atomic mass is 10.00. The number of rotatable bonds is 0. The Bertz CT molecular complexity index is 434. The van der Waals surface area contributed by atoms with E-state index in [9.17, 15) is 4.79 Å². The Morgan fingerprint density at radius 1 is 1.40 bits per heavy atom. The van der Waals surface area contributed by atoms with Gasteiger partial charge in [0.25, 0.3) is 0 Å². The Morgan fingerprint density at radius 3 is 2.87 bits per heavy atom. The number of benzene rings is 1. The highest BCUT2D eigenvalue weighted by molar-refractivity contribution is 6.22. The molecule has 15 heavy (non-hydrogen) atoms. The summed E-state index contributed by atoms with van der Waals surface area (Å²) in [7, 11) is 2.01. The van der Waals surface area contributed by atoms with Crippen LogP contribution in [0, 0.1) is 6.92 Å². The Kier molecular flexibility index (Phi) is 2.35. The van der Waals surface area contributed by atoms with Gasteiger partial charge in [-0.1, -0.05) is 18.2 Å². The number of Topliss-reactive ketones (excluding diaryl/α,β-unsaturated/α-hetero) is 1. The fourth-order valence-corrected chi connectivity index (χ4v) is 1.92. The van der Waals surface area contributed by atoms with Crippen LogP contribution in [0.3, 0.4) is 0 Å². The standard InChI is InChI=1S/C13H15NO/c1-9-4-5-12-11(8-9)10(2)13(15)6-7-14(12)3/h4-5,8H,2,6-7H2,1,3H3. The average molecular weight is 201 g/mol. The lowest BCUT2D eigenvalue weighted by Crippen LogP contribution is -2.18. The maximum absolute atomic E-state index is 11.7. The molecule has 0 aromatic heterocycles. The summed E-state index contributed by atoms with van der Waals surface area (Å²) in [6.07, 6.45) is 0.559. The minimum Gasteiger partial charge on any atom is -0.374 e. The Labute approximate surface area is 90.2 Å². The second-order valence-corrected chi connectivity index (χ2v) is 4.09. The van der Waals surface area contributed by atoms with Gasteiger partial charge in [0.05, 0.1) is 0 Å². The van der Waals surface area contributed by atoms with Gasteiger partial charge in [-0.15, -0.1) is 0 Å². The van der Waals surface area contributed by atoms with Crippen molar-refractivity contribution in [3.8, 4) is 0 Å². The van der Waals surface area contributed by atoms with Crippen LogP contribution in [0.4, 0.5) is 5.69 Å². The maximum Gasteiger partial charge on any atom is 0.164 e. The molecule has 0 fully saturated rings. The van der Waals surface area contributed by atoms with Crippen LogP contribution in [0.1, 0.15) is 17.5 Å². The molecular formula is C13H15NO. The molecule has 0 aliphatic carbocycles. The smallest absolute Gasteiger partial charge is 0.164 e. The molecule has 1 aromatic carbocycles. The first kappa shape index (κ1) is 9.97. The van der Waals surface area contributed by atoms with Gasteiger partial charge in [0.15, 0.2) is 5.78 Å². The normalized spacial score (nSPS) is 16.3. The topological polar surface area (TPSA) is 20.3 Å². The van der Waals surface area contributed by atoms with E-state index in [2.05, 4.69) is 23.6 Å². The molecule has 0 radical (unpaired) electrons. The van der Waals surface area contributed by atoms with Gasteiger partial charge in [-0.3, -0.25) is 4.79 Å². The third-order valence-corrected chi connectivity index (χ3v) is 2.90. The number of hydrogen-bond donors (Lipinski definition) is 0. The zero-order valence-corrected chi connectivity index (χ0v) is 9.21. The minimum absolute atomic E-state index is 0.159. The largest absolute Gasteiger partial charge is 0.374 e. The summed E-state index contributed by atoms with van der Waals surface area (Å²) in [6.45, 7) is 6.70. The quantitative estimate of drug-likeness (QED) is 0.601. The minimum atomic E-state index is 0.159. The number of anilines is 1. The second-order valence-electron chi connectivity index (χ2n) is 4.09. The Balaban J connectivity index is 2.60. The second kappa shape index (κ2) is 3.54. The summed E-state index contributed by atoms with van der Waals surface area (Å²) in [4.78, 5) is 13.8. The van der Waals surface area contributed by atoms with E-state index in [0.29, 0.717) is 12.0 Å². The first-order chi connectivity index (χ1) is 7.09. The number of carbonyl (C=O) groups is 1. The number of aryl methyl sites for hydroxylation is 1. The van der Waals surface area contributed by atoms with Gasteiger partial charge in [-0.05, 0) is 19.1 Å². The predicted octanol–water partition coefficient (Wildman–Crippen LogP) is 2.42. The van der Waals surface area contributed by atoms with Crippen LogP contribution in [0.25, 0.3) is 5.57 Å². The predicted molar refractivity (Wildman–Crippen MR) is 63.1 cm³/mol. The first-order valence-electron chi connectivity index (χ1n) is 5.14. The number of hydrogen-bond acceptors (Lipinski definition) is 2. The molecule has 0 spiro atoms. The molecule has 0 atom stereocenters. The number of ketones is 1. The van der Waals surface area contributed by atoms with Gasteiger partial charge in [0.2, 0.25) is 0 Å². The summed E-state index contributed by atoms with van der Waals surface area (Å²) in [5.41, 5.74) is 3.91. The summed E-state index contributed by atoms with van der Waals surface area (Å²) in [6, 6.07) is 6.17. The molecule has 0 bridgehead atoms. The molecule has 0 unspecified atom stereocenters. The van der Waals surface area contributed by atoms with E-state index in [4.69, 9.17) is 0 Å². The van der Waals surface area contributed by atoms with E-state index in [1.165, 1.54) is 0 Å². The van der Waals surface area contributed by atoms with Crippen molar-refractivity contribution in [2.75, 3.05) is 18.5 Å². The van der Waals surface area contributed by atoms with Crippen LogP contribution in [0.5, 0.6) is 0 Å². The van der Waals surface area contributed by atoms with Gasteiger partial charge in [-0.25, -0.2) is 0 Å². The zero-order chi connectivity index (χ0) is 11.0. The van der Waals surface area contributed by atoms with E-state index >= 15 is 0 Å². The third-order valence-electron chi connectivity index (χ3n) is 2.90. The average Bonchev–Trinajstić information content (AvgIpc) is 2.32. The summed E-state index contributed by atoms with van der Waals surface area (Å²) in [5.74, 6) is 0.159. The van der Waals surface area contributed by atoms with Crippen molar-refractivity contribution in [1.29, 1.82) is 0 Å². The summed E-state index contributed by atoms with van der Waals surface area (Å²) >= 11 is 0. The lowest BCUT2D eigenvalue weighted by Gasteiger charge is -2.19. The van der Waals surface area contributed by atoms with Gasteiger partial charge in [0.1, 0.15) is 0 Å². The molecule has 0 N–H and O–H groups in total. The molecule has 1 aromatic rings. The fourth-order valence-electron chi connectivity index (χ4n) is 1.92. The van der Waals surface area contributed by atoms with Crippen molar-refractivity contribution >= 4 is 17.0 Å². The molecule has 1 aliphatic rings. The summed E-state index contributed by atoms with van der Waals surface area (Å²) < 4.78 is 0. The maximum atomic E-state index is 11.7. The van der Waals surface area contributed by atoms with Crippen LogP contribution >= 0.6 is 0 Å². The molecule has 0 saturated heterocycles. The molecule has 78 valence electrons. The van der Waals surface area contributed by atoms with E-state index in [-0.39, 0.29) is 5.78 Å². The van der Waals surface area contributed by atoms with Gasteiger partial charge >= 0.3 is 0 Å². The number of fused-ring (bicyclic) bond motifs is 1. The number of carbonyl (C=O) groups excluding carboxylic acids is 1. The van der Waals surface area contributed by atoms with Crippen LogP contribution in [0.15, 0.2) is 24.8 Å². The van der Waals surface area contributed by atoms with Gasteiger partial charge < -0.3 is 4.90 Å². The van der Waals surface area contributed by atoms with E-state index < -0.39 is 0 Å². The van der Waals surface area contributed by atoms with E-state index in [1.807, 2.05) is 20.0 Å². The molecule has 1 heterocycles. The van der Waals surface area contributed by atoms with Crippen LogP contribution < -0.4 is 4.90 Å². The molecule has 2 rings (SSSR count). The van der Waals surface area contributed by atoms with Crippen LogP contribution in [0.2, 0.25) is 0 Å². The van der Waals surface area contributed by atoms with Crippen LogP contribution in [-0.2, 0) is 4.79 Å². The first-order valence-corrected chi connectivity index (χ1v) is 5.14.